The Labute approximate surface area is 170 Å². The first-order chi connectivity index (χ1) is 13.6. The SMILES string of the molecule is CCc1cccc(CC)c1Nc1ncc(C(=O)NCc2ccc(Cl)cc2)cn1. The Balaban J connectivity index is 1.66. The molecular weight excluding hydrogens is 372 g/mol. The number of aromatic nitrogens is 2. The Morgan fingerprint density at radius 1 is 0.964 bits per heavy atom. The first-order valence-corrected chi connectivity index (χ1v) is 9.71. The minimum Gasteiger partial charge on any atom is -0.348 e. The van der Waals surface area contributed by atoms with Crippen LogP contribution in [0.25, 0.3) is 0 Å². The molecule has 0 radical (unpaired) electrons. The lowest BCUT2D eigenvalue weighted by Gasteiger charge is -2.14. The molecule has 1 amide bonds. The summed E-state index contributed by atoms with van der Waals surface area (Å²) >= 11 is 5.87. The third-order valence-electron chi connectivity index (χ3n) is 4.52. The fourth-order valence-corrected chi connectivity index (χ4v) is 3.04. The van der Waals surface area contributed by atoms with Crippen LogP contribution in [0.15, 0.2) is 54.9 Å². The van der Waals surface area contributed by atoms with E-state index in [9.17, 15) is 4.79 Å². The van der Waals surface area contributed by atoms with Gasteiger partial charge in [0, 0.05) is 29.6 Å². The summed E-state index contributed by atoms with van der Waals surface area (Å²) in [6.07, 6.45) is 4.90. The highest BCUT2D eigenvalue weighted by Crippen LogP contribution is 2.25. The minimum absolute atomic E-state index is 0.218. The van der Waals surface area contributed by atoms with Gasteiger partial charge in [-0.25, -0.2) is 9.97 Å². The maximum absolute atomic E-state index is 12.3. The number of halogens is 1. The highest BCUT2D eigenvalue weighted by atomic mass is 35.5. The zero-order valence-corrected chi connectivity index (χ0v) is 16.8. The molecule has 1 aromatic heterocycles. The molecule has 0 saturated carbocycles. The van der Waals surface area contributed by atoms with E-state index >= 15 is 0 Å². The zero-order chi connectivity index (χ0) is 19.9. The highest BCUT2D eigenvalue weighted by molar-refractivity contribution is 6.30. The molecule has 0 aliphatic rings. The molecule has 0 atom stereocenters. The predicted molar refractivity (Wildman–Crippen MR) is 113 cm³/mol. The topological polar surface area (TPSA) is 66.9 Å². The normalized spacial score (nSPS) is 10.5. The summed E-state index contributed by atoms with van der Waals surface area (Å²) in [5.74, 6) is 0.259. The standard InChI is InChI=1S/C22H23ClN4O/c1-3-16-6-5-7-17(4-2)20(16)27-22-25-13-18(14-26-22)21(28)24-12-15-8-10-19(23)11-9-15/h5-11,13-14H,3-4,12H2,1-2H3,(H,24,28)(H,25,26,27). The van der Waals surface area contributed by atoms with E-state index in [1.54, 1.807) is 12.1 Å². The molecule has 0 fully saturated rings. The monoisotopic (exact) mass is 394 g/mol. The van der Waals surface area contributed by atoms with Gasteiger partial charge in [-0.2, -0.15) is 0 Å². The van der Waals surface area contributed by atoms with Crippen molar-refractivity contribution in [2.24, 2.45) is 0 Å². The Bertz CT molecular complexity index is 918. The molecule has 28 heavy (non-hydrogen) atoms. The summed E-state index contributed by atoms with van der Waals surface area (Å²) < 4.78 is 0. The van der Waals surface area contributed by atoms with Crippen LogP contribution in [0.5, 0.6) is 0 Å². The van der Waals surface area contributed by atoms with Crippen LogP contribution in [0.3, 0.4) is 0 Å². The molecule has 5 nitrogen and oxygen atoms in total. The van der Waals surface area contributed by atoms with Gasteiger partial charge in [0.05, 0.1) is 5.56 Å². The van der Waals surface area contributed by atoms with Crippen molar-refractivity contribution >= 4 is 29.1 Å². The molecule has 6 heteroatoms. The summed E-state index contributed by atoms with van der Waals surface area (Å²) in [7, 11) is 0. The van der Waals surface area contributed by atoms with E-state index in [1.807, 2.05) is 12.1 Å². The number of rotatable bonds is 7. The van der Waals surface area contributed by atoms with Crippen LogP contribution < -0.4 is 10.6 Å². The van der Waals surface area contributed by atoms with E-state index in [0.29, 0.717) is 23.1 Å². The van der Waals surface area contributed by atoms with Crippen molar-refractivity contribution in [1.29, 1.82) is 0 Å². The van der Waals surface area contributed by atoms with E-state index in [1.165, 1.54) is 23.5 Å². The van der Waals surface area contributed by atoms with Gasteiger partial charge in [0.25, 0.3) is 5.91 Å². The zero-order valence-electron chi connectivity index (χ0n) is 16.0. The molecule has 3 aromatic rings. The third-order valence-corrected chi connectivity index (χ3v) is 4.77. The molecule has 0 bridgehead atoms. The maximum Gasteiger partial charge on any atom is 0.254 e. The van der Waals surface area contributed by atoms with Gasteiger partial charge in [0.1, 0.15) is 0 Å². The maximum atomic E-state index is 12.3. The van der Waals surface area contributed by atoms with Crippen molar-refractivity contribution in [2.45, 2.75) is 33.2 Å². The smallest absolute Gasteiger partial charge is 0.254 e. The molecule has 0 saturated heterocycles. The van der Waals surface area contributed by atoms with Crippen molar-refractivity contribution in [2.75, 3.05) is 5.32 Å². The molecule has 2 aromatic carbocycles. The number of para-hydroxylation sites is 1. The van der Waals surface area contributed by atoms with E-state index < -0.39 is 0 Å². The summed E-state index contributed by atoms with van der Waals surface area (Å²) in [6.45, 7) is 4.66. The number of nitrogens with zero attached hydrogens (tertiary/aromatic N) is 2. The summed E-state index contributed by atoms with van der Waals surface area (Å²) in [5.41, 5.74) is 4.87. The average molecular weight is 395 g/mol. The van der Waals surface area contributed by atoms with E-state index in [0.717, 1.165) is 24.1 Å². The number of amides is 1. The number of anilines is 2. The van der Waals surface area contributed by atoms with E-state index in [-0.39, 0.29) is 5.91 Å². The summed E-state index contributed by atoms with van der Waals surface area (Å²) in [4.78, 5) is 20.9. The Kier molecular flexibility index (Phi) is 6.61. The van der Waals surface area contributed by atoms with Gasteiger partial charge in [-0.3, -0.25) is 4.79 Å². The number of carbonyl (C=O) groups is 1. The fraction of sp³-hybridized carbons (Fsp3) is 0.227. The van der Waals surface area contributed by atoms with Crippen LogP contribution in [-0.4, -0.2) is 15.9 Å². The van der Waals surface area contributed by atoms with Gasteiger partial charge >= 0.3 is 0 Å². The Hall–Kier alpha value is -2.92. The Morgan fingerprint density at radius 3 is 2.14 bits per heavy atom. The predicted octanol–water partition coefficient (Wildman–Crippen LogP) is 4.93. The Morgan fingerprint density at radius 2 is 1.57 bits per heavy atom. The van der Waals surface area contributed by atoms with Gasteiger partial charge in [0.15, 0.2) is 0 Å². The lowest BCUT2D eigenvalue weighted by Crippen LogP contribution is -2.23. The number of hydrogen-bond acceptors (Lipinski definition) is 4. The summed E-state index contributed by atoms with van der Waals surface area (Å²) in [5, 5.41) is 6.83. The molecule has 1 heterocycles. The second-order valence-electron chi connectivity index (χ2n) is 6.39. The van der Waals surface area contributed by atoms with Crippen LogP contribution in [0.2, 0.25) is 5.02 Å². The molecular formula is C22H23ClN4O. The van der Waals surface area contributed by atoms with E-state index in [4.69, 9.17) is 11.6 Å². The average Bonchev–Trinajstić information content (AvgIpc) is 2.73. The lowest BCUT2D eigenvalue weighted by molar-refractivity contribution is 0.0950. The second kappa shape index (κ2) is 9.33. The first kappa shape index (κ1) is 19.8. The van der Waals surface area contributed by atoms with Crippen molar-refractivity contribution in [1.82, 2.24) is 15.3 Å². The highest BCUT2D eigenvalue weighted by Gasteiger charge is 2.10. The van der Waals surface area contributed by atoms with Crippen LogP contribution in [0.4, 0.5) is 11.6 Å². The molecule has 0 unspecified atom stereocenters. The number of benzene rings is 2. The van der Waals surface area contributed by atoms with Gasteiger partial charge in [-0.1, -0.05) is 55.8 Å². The number of hydrogen-bond donors (Lipinski definition) is 2. The molecule has 3 rings (SSSR count). The third kappa shape index (κ3) is 4.87. The molecule has 0 aliphatic heterocycles. The minimum atomic E-state index is -0.218. The largest absolute Gasteiger partial charge is 0.348 e. The number of nitrogens with one attached hydrogen (secondary N) is 2. The molecule has 2 N–H and O–H groups in total. The van der Waals surface area contributed by atoms with Crippen molar-refractivity contribution < 1.29 is 4.79 Å². The van der Waals surface area contributed by atoms with Gasteiger partial charge in [0.2, 0.25) is 5.95 Å². The van der Waals surface area contributed by atoms with Gasteiger partial charge in [-0.15, -0.1) is 0 Å². The van der Waals surface area contributed by atoms with Gasteiger partial charge in [-0.05, 0) is 41.7 Å². The molecule has 144 valence electrons. The molecule has 0 spiro atoms. The summed E-state index contributed by atoms with van der Waals surface area (Å²) in [6, 6.07) is 13.6. The number of carbonyl (C=O) groups excluding carboxylic acids is 1. The van der Waals surface area contributed by atoms with Crippen molar-refractivity contribution in [3.63, 3.8) is 0 Å². The van der Waals surface area contributed by atoms with Gasteiger partial charge < -0.3 is 10.6 Å². The van der Waals surface area contributed by atoms with E-state index in [2.05, 4.69) is 52.6 Å². The van der Waals surface area contributed by atoms with Crippen molar-refractivity contribution in [3.05, 3.63) is 82.1 Å². The quantitative estimate of drug-likeness (QED) is 0.596. The van der Waals surface area contributed by atoms with Crippen LogP contribution in [0.1, 0.15) is 40.9 Å². The fourth-order valence-electron chi connectivity index (χ4n) is 2.91. The lowest BCUT2D eigenvalue weighted by atomic mass is 10.0. The van der Waals surface area contributed by atoms with Crippen LogP contribution >= 0.6 is 11.6 Å². The van der Waals surface area contributed by atoms with Crippen LogP contribution in [0, 0.1) is 0 Å². The second-order valence-corrected chi connectivity index (χ2v) is 6.82. The van der Waals surface area contributed by atoms with Crippen LogP contribution in [-0.2, 0) is 19.4 Å². The number of aryl methyl sites for hydroxylation is 2. The van der Waals surface area contributed by atoms with Crippen molar-refractivity contribution in [3.8, 4) is 0 Å². The molecule has 0 aliphatic carbocycles. The first-order valence-electron chi connectivity index (χ1n) is 9.33.